The van der Waals surface area contributed by atoms with Crippen molar-refractivity contribution in [2.75, 3.05) is 33.4 Å². The number of rotatable bonds is 10. The first kappa shape index (κ1) is 22.8. The molecule has 2 rings (SSSR count). The molecule has 7 nitrogen and oxygen atoms in total. The predicted molar refractivity (Wildman–Crippen MR) is 112 cm³/mol. The van der Waals surface area contributed by atoms with Gasteiger partial charge in [0.15, 0.2) is 5.78 Å². The number of hydrogen-bond donors (Lipinski definition) is 0. The van der Waals surface area contributed by atoms with Crippen molar-refractivity contribution in [3.05, 3.63) is 44.9 Å². The molecule has 2 aromatic rings. The number of ketones is 1. The lowest BCUT2D eigenvalue weighted by Crippen LogP contribution is -2.36. The van der Waals surface area contributed by atoms with Crippen molar-refractivity contribution in [2.45, 2.75) is 27.2 Å². The number of hydrogen-bond acceptors (Lipinski definition) is 6. The number of methoxy groups -OCH3 is 1. The Labute approximate surface area is 175 Å². The molecule has 0 fully saturated rings. The van der Waals surface area contributed by atoms with Crippen LogP contribution in [0.5, 0.6) is 0 Å². The van der Waals surface area contributed by atoms with E-state index in [9.17, 15) is 14.4 Å². The van der Waals surface area contributed by atoms with E-state index in [2.05, 4.69) is 0 Å². The Kier molecular flexibility index (Phi) is 8.16. The molecule has 0 aliphatic heterocycles. The SMILES string of the molecule is CCOC(=O)c1c(C)c(C(=O)CN(CCCOC)C(=O)c2cccs2)c(C)n1C. The molecular formula is C21H28N2O5S. The second kappa shape index (κ2) is 10.4. The third kappa shape index (κ3) is 5.13. The summed E-state index contributed by atoms with van der Waals surface area (Å²) in [4.78, 5) is 40.5. The van der Waals surface area contributed by atoms with Crippen LogP contribution < -0.4 is 0 Å². The highest BCUT2D eigenvalue weighted by Gasteiger charge is 2.28. The quantitative estimate of drug-likeness (QED) is 0.335. The molecule has 0 aliphatic carbocycles. The molecule has 0 spiro atoms. The lowest BCUT2D eigenvalue weighted by Gasteiger charge is -2.21. The van der Waals surface area contributed by atoms with Gasteiger partial charge in [-0.25, -0.2) is 4.79 Å². The van der Waals surface area contributed by atoms with Crippen LogP contribution in [0.15, 0.2) is 17.5 Å². The lowest BCUT2D eigenvalue weighted by molar-refractivity contribution is 0.0514. The number of Topliss-reactive ketones (excluding diaryl/α,β-unsaturated/α-hetero) is 1. The Hall–Kier alpha value is -2.45. The van der Waals surface area contributed by atoms with Crippen LogP contribution in [0.4, 0.5) is 0 Å². The second-order valence-electron chi connectivity index (χ2n) is 6.69. The predicted octanol–water partition coefficient (Wildman–Crippen LogP) is 3.24. The first-order valence-electron chi connectivity index (χ1n) is 9.51. The molecule has 158 valence electrons. The molecule has 0 aliphatic rings. The minimum atomic E-state index is -0.457. The second-order valence-corrected chi connectivity index (χ2v) is 7.63. The fourth-order valence-corrected chi connectivity index (χ4v) is 4.03. The van der Waals surface area contributed by atoms with E-state index in [4.69, 9.17) is 9.47 Å². The number of nitrogens with zero attached hydrogens (tertiary/aromatic N) is 2. The van der Waals surface area contributed by atoms with Crippen molar-refractivity contribution >= 4 is 29.0 Å². The first-order valence-corrected chi connectivity index (χ1v) is 10.4. The maximum atomic E-state index is 13.2. The van der Waals surface area contributed by atoms with Gasteiger partial charge < -0.3 is 18.9 Å². The summed E-state index contributed by atoms with van der Waals surface area (Å²) < 4.78 is 11.9. The van der Waals surface area contributed by atoms with Gasteiger partial charge in [0, 0.05) is 38.6 Å². The zero-order valence-electron chi connectivity index (χ0n) is 17.6. The summed E-state index contributed by atoms with van der Waals surface area (Å²) >= 11 is 1.34. The molecule has 2 aromatic heterocycles. The summed E-state index contributed by atoms with van der Waals surface area (Å²) in [7, 11) is 3.34. The average molecular weight is 421 g/mol. The van der Waals surface area contributed by atoms with Gasteiger partial charge in [0.2, 0.25) is 0 Å². The minimum Gasteiger partial charge on any atom is -0.461 e. The van der Waals surface area contributed by atoms with Crippen LogP contribution in [0.2, 0.25) is 0 Å². The lowest BCUT2D eigenvalue weighted by atomic mass is 10.0. The number of carbonyl (C=O) groups is 3. The summed E-state index contributed by atoms with van der Waals surface area (Å²) in [6.07, 6.45) is 0.627. The Morgan fingerprint density at radius 1 is 1.24 bits per heavy atom. The van der Waals surface area contributed by atoms with Gasteiger partial charge in [0.1, 0.15) is 5.69 Å². The number of carbonyl (C=O) groups excluding carboxylic acids is 3. The van der Waals surface area contributed by atoms with Gasteiger partial charge in [-0.2, -0.15) is 0 Å². The van der Waals surface area contributed by atoms with E-state index in [0.717, 1.165) is 0 Å². The molecule has 8 heteroatoms. The van der Waals surface area contributed by atoms with E-state index in [0.29, 0.717) is 47.0 Å². The van der Waals surface area contributed by atoms with Gasteiger partial charge in [-0.1, -0.05) is 6.07 Å². The summed E-state index contributed by atoms with van der Waals surface area (Å²) in [5.74, 6) is -0.837. The molecule has 0 atom stereocenters. The van der Waals surface area contributed by atoms with Crippen molar-refractivity contribution in [1.82, 2.24) is 9.47 Å². The van der Waals surface area contributed by atoms with Crippen LogP contribution in [0.25, 0.3) is 0 Å². The van der Waals surface area contributed by atoms with Gasteiger partial charge >= 0.3 is 5.97 Å². The molecule has 0 N–H and O–H groups in total. The Morgan fingerprint density at radius 3 is 2.55 bits per heavy atom. The summed E-state index contributed by atoms with van der Waals surface area (Å²) in [5, 5.41) is 1.83. The molecule has 2 heterocycles. The third-order valence-electron chi connectivity index (χ3n) is 4.81. The molecule has 0 saturated heterocycles. The molecular weight excluding hydrogens is 392 g/mol. The highest BCUT2D eigenvalue weighted by molar-refractivity contribution is 7.12. The largest absolute Gasteiger partial charge is 0.461 e. The summed E-state index contributed by atoms with van der Waals surface area (Å²) in [5.41, 5.74) is 2.08. The van der Waals surface area contributed by atoms with Gasteiger partial charge in [0.05, 0.1) is 18.0 Å². The van der Waals surface area contributed by atoms with Crippen LogP contribution in [-0.4, -0.2) is 60.5 Å². The third-order valence-corrected chi connectivity index (χ3v) is 5.67. The Balaban J connectivity index is 2.30. The normalized spacial score (nSPS) is 10.8. The van der Waals surface area contributed by atoms with Gasteiger partial charge in [-0.15, -0.1) is 11.3 Å². The van der Waals surface area contributed by atoms with Gasteiger partial charge in [0.25, 0.3) is 5.91 Å². The van der Waals surface area contributed by atoms with E-state index in [1.54, 1.807) is 50.5 Å². The summed E-state index contributed by atoms with van der Waals surface area (Å²) in [6, 6.07) is 3.56. The number of thiophene rings is 1. The van der Waals surface area contributed by atoms with E-state index in [1.807, 2.05) is 11.4 Å². The topological polar surface area (TPSA) is 77.8 Å². The highest BCUT2D eigenvalue weighted by Crippen LogP contribution is 2.23. The van der Waals surface area contributed by atoms with E-state index >= 15 is 0 Å². The van der Waals surface area contributed by atoms with Crippen molar-refractivity contribution in [3.63, 3.8) is 0 Å². The number of amides is 1. The van der Waals surface area contributed by atoms with Crippen molar-refractivity contribution in [3.8, 4) is 0 Å². The van der Waals surface area contributed by atoms with Crippen LogP contribution >= 0.6 is 11.3 Å². The zero-order chi connectivity index (χ0) is 21.6. The van der Waals surface area contributed by atoms with Crippen LogP contribution in [0, 0.1) is 13.8 Å². The highest BCUT2D eigenvalue weighted by atomic mass is 32.1. The van der Waals surface area contributed by atoms with Crippen molar-refractivity contribution < 1.29 is 23.9 Å². The molecule has 0 aromatic carbocycles. The molecule has 0 unspecified atom stereocenters. The van der Waals surface area contributed by atoms with E-state index < -0.39 is 5.97 Å². The van der Waals surface area contributed by atoms with Gasteiger partial charge in [-0.3, -0.25) is 9.59 Å². The van der Waals surface area contributed by atoms with Gasteiger partial charge in [-0.05, 0) is 44.2 Å². The molecule has 29 heavy (non-hydrogen) atoms. The number of ether oxygens (including phenoxy) is 2. The monoisotopic (exact) mass is 420 g/mol. The van der Waals surface area contributed by atoms with E-state index in [1.165, 1.54) is 11.3 Å². The smallest absolute Gasteiger partial charge is 0.355 e. The molecule has 0 saturated carbocycles. The van der Waals surface area contributed by atoms with Crippen molar-refractivity contribution in [1.29, 1.82) is 0 Å². The minimum absolute atomic E-state index is 0.0611. The molecule has 0 bridgehead atoms. The zero-order valence-corrected chi connectivity index (χ0v) is 18.4. The number of esters is 1. The molecule has 0 radical (unpaired) electrons. The van der Waals surface area contributed by atoms with Crippen molar-refractivity contribution in [2.24, 2.45) is 7.05 Å². The Bertz CT molecular complexity index is 870. The van der Waals surface area contributed by atoms with E-state index in [-0.39, 0.29) is 24.8 Å². The average Bonchev–Trinajstić information content (AvgIpc) is 3.28. The maximum Gasteiger partial charge on any atom is 0.355 e. The fourth-order valence-electron chi connectivity index (χ4n) is 3.34. The maximum absolute atomic E-state index is 13.2. The molecule has 1 amide bonds. The summed E-state index contributed by atoms with van der Waals surface area (Å²) in [6.45, 7) is 6.37. The first-order chi connectivity index (χ1) is 13.8. The van der Waals surface area contributed by atoms with Crippen LogP contribution in [-0.2, 0) is 16.5 Å². The van der Waals surface area contributed by atoms with Crippen LogP contribution in [0.1, 0.15) is 55.1 Å². The standard InChI is InChI=1S/C21H28N2O5S/c1-6-28-21(26)19-14(2)18(15(3)22(19)4)16(24)13-23(10-8-11-27-5)20(25)17-9-7-12-29-17/h7,9,12H,6,8,10-11,13H2,1-5H3. The number of aromatic nitrogens is 1. The fraction of sp³-hybridized carbons (Fsp3) is 0.476. The van der Waals surface area contributed by atoms with Crippen LogP contribution in [0.3, 0.4) is 0 Å². The Morgan fingerprint density at radius 2 is 1.97 bits per heavy atom.